The summed E-state index contributed by atoms with van der Waals surface area (Å²) in [7, 11) is 0. The normalized spacial score (nSPS) is 19.6. The third kappa shape index (κ3) is 4.09. The summed E-state index contributed by atoms with van der Waals surface area (Å²) in [6, 6.07) is 39.5. The van der Waals surface area contributed by atoms with Crippen LogP contribution in [0.3, 0.4) is 0 Å². The van der Waals surface area contributed by atoms with Crippen molar-refractivity contribution in [3.63, 3.8) is 0 Å². The number of hydrogen-bond donors (Lipinski definition) is 0. The van der Waals surface area contributed by atoms with Gasteiger partial charge in [0.05, 0.1) is 16.8 Å². The summed E-state index contributed by atoms with van der Waals surface area (Å²) >= 11 is 0. The van der Waals surface area contributed by atoms with Crippen molar-refractivity contribution in [3.8, 4) is 22.6 Å². The highest BCUT2D eigenvalue weighted by molar-refractivity contribution is 5.77. The predicted octanol–water partition coefficient (Wildman–Crippen LogP) is 9.75. The molecule has 200 valence electrons. The van der Waals surface area contributed by atoms with Gasteiger partial charge in [-0.3, -0.25) is 0 Å². The zero-order valence-electron chi connectivity index (χ0n) is 23.7. The molecule has 2 nitrogen and oxygen atoms in total. The molecule has 3 aliphatic carbocycles. The SMILES string of the molecule is C1=CC(c2ccc(-c3nc(-c4ccccc4)cc(C45CC(c6ccccc64)c4ccccc45)n3)cc2)=CCC1.CC. The van der Waals surface area contributed by atoms with Gasteiger partial charge in [-0.15, -0.1) is 0 Å². The molecular formula is C39H34N2. The van der Waals surface area contributed by atoms with Gasteiger partial charge >= 0.3 is 0 Å². The molecule has 0 amide bonds. The molecule has 0 unspecified atom stereocenters. The maximum atomic E-state index is 5.38. The number of rotatable bonds is 4. The van der Waals surface area contributed by atoms with Gasteiger partial charge in [0, 0.05) is 17.0 Å². The fourth-order valence-electron chi connectivity index (χ4n) is 7.01. The number of nitrogens with zero attached hydrogens (tertiary/aromatic N) is 2. The summed E-state index contributed by atoms with van der Waals surface area (Å²) in [5, 5.41) is 0. The van der Waals surface area contributed by atoms with E-state index in [1.807, 2.05) is 13.8 Å². The lowest BCUT2D eigenvalue weighted by Crippen LogP contribution is -2.27. The lowest BCUT2D eigenvalue weighted by Gasteiger charge is -2.31. The second kappa shape index (κ2) is 10.4. The standard InChI is InChI=1S/C37H28N2.C2H6/c1-3-11-25(12-4-1)26-19-21-28(22-20-26)36-38-34(27-13-5-2-6-14-27)23-35(39-36)37-24-31(29-15-7-9-17-32(29)37)30-16-8-10-18-33(30)37;1-2/h2-3,5-23,31H,1,4,24H2;1-2H3. The van der Waals surface area contributed by atoms with Gasteiger partial charge in [0.1, 0.15) is 0 Å². The molecule has 0 spiro atoms. The van der Waals surface area contributed by atoms with Gasteiger partial charge in [-0.05, 0) is 58.7 Å². The maximum Gasteiger partial charge on any atom is 0.160 e. The van der Waals surface area contributed by atoms with Crippen LogP contribution in [0.1, 0.15) is 72.5 Å². The van der Waals surface area contributed by atoms with E-state index in [1.54, 1.807) is 0 Å². The average Bonchev–Trinajstić information content (AvgIpc) is 3.61. The second-order valence-corrected chi connectivity index (χ2v) is 10.9. The molecule has 0 fully saturated rings. The monoisotopic (exact) mass is 530 g/mol. The first-order chi connectivity index (χ1) is 20.3. The summed E-state index contributed by atoms with van der Waals surface area (Å²) in [6.07, 6.45) is 10.1. The van der Waals surface area contributed by atoms with Crippen LogP contribution in [0.4, 0.5) is 0 Å². The molecule has 1 heterocycles. The molecular weight excluding hydrogens is 496 g/mol. The van der Waals surface area contributed by atoms with Crippen LogP contribution in [0.25, 0.3) is 28.2 Å². The molecule has 2 bridgehead atoms. The number of allylic oxidation sites excluding steroid dienone is 4. The first-order valence-corrected chi connectivity index (χ1v) is 14.9. The fraction of sp³-hybridized carbons (Fsp3) is 0.179. The van der Waals surface area contributed by atoms with Crippen molar-refractivity contribution >= 4 is 5.57 Å². The summed E-state index contributed by atoms with van der Waals surface area (Å²) in [5.41, 5.74) is 12.2. The largest absolute Gasteiger partial charge is 0.232 e. The molecule has 0 saturated carbocycles. The van der Waals surface area contributed by atoms with E-state index in [0.29, 0.717) is 5.92 Å². The number of aromatic nitrogens is 2. The van der Waals surface area contributed by atoms with Gasteiger partial charge in [-0.2, -0.15) is 0 Å². The Bertz CT molecular complexity index is 1730. The molecule has 0 atom stereocenters. The van der Waals surface area contributed by atoms with E-state index in [4.69, 9.17) is 9.97 Å². The van der Waals surface area contributed by atoms with Crippen molar-refractivity contribution in [1.82, 2.24) is 9.97 Å². The van der Waals surface area contributed by atoms with Crippen LogP contribution in [-0.2, 0) is 5.41 Å². The molecule has 0 radical (unpaired) electrons. The van der Waals surface area contributed by atoms with E-state index in [2.05, 4.69) is 127 Å². The minimum absolute atomic E-state index is 0.267. The Morgan fingerprint density at radius 3 is 1.93 bits per heavy atom. The number of benzene rings is 4. The van der Waals surface area contributed by atoms with Gasteiger partial charge in [0.2, 0.25) is 0 Å². The summed E-state index contributed by atoms with van der Waals surface area (Å²) in [6.45, 7) is 4.00. The zero-order chi connectivity index (χ0) is 27.8. The summed E-state index contributed by atoms with van der Waals surface area (Å²) < 4.78 is 0. The number of fused-ring (bicyclic) bond motifs is 8. The third-order valence-corrected chi connectivity index (χ3v) is 8.81. The molecule has 3 aliphatic rings. The highest BCUT2D eigenvalue weighted by Gasteiger charge is 2.54. The van der Waals surface area contributed by atoms with E-state index in [0.717, 1.165) is 47.6 Å². The van der Waals surface area contributed by atoms with E-state index < -0.39 is 0 Å². The van der Waals surface area contributed by atoms with Crippen LogP contribution in [-0.4, -0.2) is 9.97 Å². The molecule has 2 heteroatoms. The highest BCUT2D eigenvalue weighted by Crippen LogP contribution is 2.62. The van der Waals surface area contributed by atoms with Crippen molar-refractivity contribution in [1.29, 1.82) is 0 Å². The topological polar surface area (TPSA) is 25.8 Å². The quantitative estimate of drug-likeness (QED) is 0.231. The third-order valence-electron chi connectivity index (χ3n) is 8.81. The Labute approximate surface area is 243 Å². The van der Waals surface area contributed by atoms with Crippen molar-refractivity contribution in [3.05, 3.63) is 161 Å². The van der Waals surface area contributed by atoms with E-state index in [1.165, 1.54) is 33.4 Å². The highest BCUT2D eigenvalue weighted by atomic mass is 14.9. The van der Waals surface area contributed by atoms with Gasteiger partial charge in [-0.1, -0.05) is 135 Å². The van der Waals surface area contributed by atoms with Crippen LogP contribution < -0.4 is 0 Å². The minimum Gasteiger partial charge on any atom is -0.232 e. The Morgan fingerprint density at radius 2 is 1.27 bits per heavy atom. The Balaban J connectivity index is 0.00000135. The van der Waals surface area contributed by atoms with Crippen LogP contribution in [0.5, 0.6) is 0 Å². The van der Waals surface area contributed by atoms with E-state index >= 15 is 0 Å². The molecule has 4 aromatic carbocycles. The van der Waals surface area contributed by atoms with Gasteiger partial charge < -0.3 is 0 Å². The molecule has 5 aromatic rings. The lowest BCUT2D eigenvalue weighted by molar-refractivity contribution is 0.612. The van der Waals surface area contributed by atoms with Gasteiger partial charge in [0.15, 0.2) is 5.82 Å². The molecule has 0 N–H and O–H groups in total. The molecule has 0 aliphatic heterocycles. The van der Waals surface area contributed by atoms with E-state index in [9.17, 15) is 0 Å². The zero-order valence-corrected chi connectivity index (χ0v) is 23.7. The molecule has 0 saturated heterocycles. The van der Waals surface area contributed by atoms with E-state index in [-0.39, 0.29) is 5.41 Å². The predicted molar refractivity (Wildman–Crippen MR) is 170 cm³/mol. The van der Waals surface area contributed by atoms with Gasteiger partial charge in [0.25, 0.3) is 0 Å². The van der Waals surface area contributed by atoms with Crippen LogP contribution in [0, 0.1) is 0 Å². The Hall–Kier alpha value is -4.56. The smallest absolute Gasteiger partial charge is 0.160 e. The van der Waals surface area contributed by atoms with Crippen molar-refractivity contribution < 1.29 is 0 Å². The fourth-order valence-corrected chi connectivity index (χ4v) is 7.01. The first-order valence-electron chi connectivity index (χ1n) is 14.9. The molecule has 8 rings (SSSR count). The average molecular weight is 531 g/mol. The Morgan fingerprint density at radius 1 is 0.634 bits per heavy atom. The van der Waals surface area contributed by atoms with Crippen LogP contribution in [0.2, 0.25) is 0 Å². The van der Waals surface area contributed by atoms with Crippen LogP contribution in [0.15, 0.2) is 127 Å². The lowest BCUT2D eigenvalue weighted by atomic mass is 9.72. The van der Waals surface area contributed by atoms with Crippen LogP contribution >= 0.6 is 0 Å². The minimum atomic E-state index is -0.267. The number of hydrogen-bond acceptors (Lipinski definition) is 2. The summed E-state index contributed by atoms with van der Waals surface area (Å²) in [5.74, 6) is 1.19. The first kappa shape index (κ1) is 25.4. The van der Waals surface area contributed by atoms with Crippen molar-refractivity contribution in [2.75, 3.05) is 0 Å². The van der Waals surface area contributed by atoms with Crippen molar-refractivity contribution in [2.45, 2.75) is 44.4 Å². The van der Waals surface area contributed by atoms with Crippen molar-refractivity contribution in [2.24, 2.45) is 0 Å². The molecule has 1 aromatic heterocycles. The second-order valence-electron chi connectivity index (χ2n) is 10.9. The van der Waals surface area contributed by atoms with Gasteiger partial charge in [-0.25, -0.2) is 9.97 Å². The maximum absolute atomic E-state index is 5.38. The summed E-state index contributed by atoms with van der Waals surface area (Å²) in [4.78, 5) is 10.5. The molecule has 41 heavy (non-hydrogen) atoms. The Kier molecular flexibility index (Phi) is 6.47.